The second-order valence-corrected chi connectivity index (χ2v) is 4.48. The number of rotatable bonds is 5. The van der Waals surface area contributed by atoms with E-state index >= 15 is 0 Å². The Labute approximate surface area is 127 Å². The van der Waals surface area contributed by atoms with E-state index in [1.807, 2.05) is 0 Å². The molecule has 0 atom stereocenters. The Balaban J connectivity index is 1.92. The summed E-state index contributed by atoms with van der Waals surface area (Å²) in [6.07, 6.45) is 0. The summed E-state index contributed by atoms with van der Waals surface area (Å²) in [6.45, 7) is -0.0128. The second-order valence-electron chi connectivity index (χ2n) is 4.48. The van der Waals surface area contributed by atoms with Gasteiger partial charge in [-0.2, -0.15) is 0 Å². The second kappa shape index (κ2) is 7.21. The first-order valence-electron chi connectivity index (χ1n) is 6.56. The molecular weight excluding hydrogens is 287 g/mol. The molecule has 0 aliphatic heterocycles. The van der Waals surface area contributed by atoms with Gasteiger partial charge in [-0.05, 0) is 36.4 Å². The van der Waals surface area contributed by atoms with E-state index in [4.69, 9.17) is 0 Å². The van der Waals surface area contributed by atoms with Gasteiger partial charge in [0.25, 0.3) is 0 Å². The topological polar surface area (TPSA) is 67.4 Å². The lowest BCUT2D eigenvalue weighted by molar-refractivity contribution is -0.114. The van der Waals surface area contributed by atoms with Crippen LogP contribution in [-0.2, 0) is 9.53 Å². The van der Waals surface area contributed by atoms with Crippen molar-refractivity contribution in [3.05, 3.63) is 59.9 Å². The van der Waals surface area contributed by atoms with E-state index in [0.717, 1.165) is 0 Å². The number of carbonyl (C=O) groups is 2. The number of amides is 1. The maximum atomic E-state index is 13.0. The number of hydrogen-bond acceptors (Lipinski definition) is 4. The van der Waals surface area contributed by atoms with Crippen molar-refractivity contribution in [1.29, 1.82) is 0 Å². The summed E-state index contributed by atoms with van der Waals surface area (Å²) in [5.41, 5.74) is 1.38. The summed E-state index contributed by atoms with van der Waals surface area (Å²) in [6, 6.07) is 12.2. The van der Waals surface area contributed by atoms with Crippen molar-refractivity contribution in [3.8, 4) is 0 Å². The largest absolute Gasteiger partial charge is 0.465 e. The smallest absolute Gasteiger partial charge is 0.337 e. The molecule has 0 bridgehead atoms. The minimum atomic E-state index is -0.451. The molecule has 22 heavy (non-hydrogen) atoms. The predicted molar refractivity (Wildman–Crippen MR) is 81.3 cm³/mol. The molecule has 0 heterocycles. The van der Waals surface area contributed by atoms with Gasteiger partial charge in [-0.25, -0.2) is 9.18 Å². The van der Waals surface area contributed by atoms with Crippen molar-refractivity contribution in [1.82, 2.24) is 0 Å². The quantitative estimate of drug-likeness (QED) is 0.833. The highest BCUT2D eigenvalue weighted by Crippen LogP contribution is 2.12. The van der Waals surface area contributed by atoms with Gasteiger partial charge in [-0.3, -0.25) is 4.79 Å². The molecule has 0 aromatic heterocycles. The molecule has 2 rings (SSSR count). The van der Waals surface area contributed by atoms with E-state index in [2.05, 4.69) is 15.4 Å². The molecule has 0 saturated heterocycles. The molecule has 5 nitrogen and oxygen atoms in total. The van der Waals surface area contributed by atoms with Crippen LogP contribution < -0.4 is 10.6 Å². The van der Waals surface area contributed by atoms with Crippen LogP contribution in [0.25, 0.3) is 0 Å². The van der Waals surface area contributed by atoms with Crippen molar-refractivity contribution in [2.45, 2.75) is 0 Å². The molecule has 1 amide bonds. The van der Waals surface area contributed by atoms with Crippen LogP contribution in [0.15, 0.2) is 48.5 Å². The zero-order valence-electron chi connectivity index (χ0n) is 11.9. The normalized spacial score (nSPS) is 9.91. The van der Waals surface area contributed by atoms with Crippen LogP contribution in [0.2, 0.25) is 0 Å². The number of nitrogens with one attached hydrogen (secondary N) is 2. The van der Waals surface area contributed by atoms with Crippen molar-refractivity contribution >= 4 is 23.3 Å². The predicted octanol–water partition coefficient (Wildman–Crippen LogP) is 2.66. The highest BCUT2D eigenvalue weighted by atomic mass is 19.1. The lowest BCUT2D eigenvalue weighted by atomic mass is 10.2. The summed E-state index contributed by atoms with van der Waals surface area (Å²) in [4.78, 5) is 23.2. The Morgan fingerprint density at radius 3 is 2.55 bits per heavy atom. The lowest BCUT2D eigenvalue weighted by Gasteiger charge is -2.09. The summed E-state index contributed by atoms with van der Waals surface area (Å²) >= 11 is 0. The van der Waals surface area contributed by atoms with Gasteiger partial charge in [-0.1, -0.05) is 12.1 Å². The summed E-state index contributed by atoms with van der Waals surface area (Å²) in [5, 5.41) is 5.45. The fraction of sp³-hybridized carbons (Fsp3) is 0.125. The maximum absolute atomic E-state index is 13.0. The molecule has 2 aromatic carbocycles. The highest BCUT2D eigenvalue weighted by Gasteiger charge is 2.07. The Morgan fingerprint density at radius 1 is 1.09 bits per heavy atom. The van der Waals surface area contributed by atoms with Crippen LogP contribution in [0.4, 0.5) is 15.8 Å². The van der Waals surface area contributed by atoms with Crippen LogP contribution in [-0.4, -0.2) is 25.5 Å². The number of hydrogen-bond donors (Lipinski definition) is 2. The Hall–Kier alpha value is -2.89. The lowest BCUT2D eigenvalue weighted by Crippen LogP contribution is -2.21. The minimum Gasteiger partial charge on any atom is -0.465 e. The van der Waals surface area contributed by atoms with Gasteiger partial charge in [0, 0.05) is 11.4 Å². The number of anilines is 2. The minimum absolute atomic E-state index is 0.0128. The average Bonchev–Trinajstić information content (AvgIpc) is 2.52. The fourth-order valence-corrected chi connectivity index (χ4v) is 1.83. The van der Waals surface area contributed by atoms with E-state index in [9.17, 15) is 14.0 Å². The standard InChI is InChI=1S/C16H15FN2O3/c1-22-16(21)11-4-2-6-13(8-11)18-10-15(20)19-14-7-3-5-12(17)9-14/h2-9,18H,10H2,1H3,(H,19,20). The van der Waals surface area contributed by atoms with E-state index < -0.39 is 11.8 Å². The molecule has 2 N–H and O–H groups in total. The van der Waals surface area contributed by atoms with Gasteiger partial charge < -0.3 is 15.4 Å². The average molecular weight is 302 g/mol. The third-order valence-corrected chi connectivity index (χ3v) is 2.85. The zero-order chi connectivity index (χ0) is 15.9. The van der Waals surface area contributed by atoms with Crippen LogP contribution in [0, 0.1) is 5.82 Å². The summed E-state index contributed by atoms with van der Waals surface area (Å²) in [7, 11) is 1.30. The molecule has 0 aliphatic rings. The van der Waals surface area contributed by atoms with Crippen LogP contribution >= 0.6 is 0 Å². The number of methoxy groups -OCH3 is 1. The fourth-order valence-electron chi connectivity index (χ4n) is 1.83. The monoisotopic (exact) mass is 302 g/mol. The maximum Gasteiger partial charge on any atom is 0.337 e. The Bertz CT molecular complexity index is 689. The molecule has 0 saturated carbocycles. The van der Waals surface area contributed by atoms with Crippen LogP contribution in [0.5, 0.6) is 0 Å². The van der Waals surface area contributed by atoms with Gasteiger partial charge in [-0.15, -0.1) is 0 Å². The first kappa shape index (κ1) is 15.5. The van der Waals surface area contributed by atoms with Crippen molar-refractivity contribution in [2.24, 2.45) is 0 Å². The third kappa shape index (κ3) is 4.31. The molecule has 6 heteroatoms. The molecule has 2 aromatic rings. The van der Waals surface area contributed by atoms with E-state index in [-0.39, 0.29) is 12.5 Å². The van der Waals surface area contributed by atoms with Crippen molar-refractivity contribution < 1.29 is 18.7 Å². The summed E-state index contributed by atoms with van der Waals surface area (Å²) < 4.78 is 17.6. The SMILES string of the molecule is COC(=O)c1cccc(NCC(=O)Nc2cccc(F)c2)c1. The third-order valence-electron chi connectivity index (χ3n) is 2.85. The number of benzene rings is 2. The van der Waals surface area contributed by atoms with Gasteiger partial charge in [0.15, 0.2) is 0 Å². The number of esters is 1. The summed E-state index contributed by atoms with van der Waals surface area (Å²) in [5.74, 6) is -1.20. The number of halogens is 1. The molecule has 114 valence electrons. The highest BCUT2D eigenvalue weighted by molar-refractivity contribution is 5.94. The number of ether oxygens (including phenoxy) is 1. The van der Waals surface area contributed by atoms with Gasteiger partial charge >= 0.3 is 5.97 Å². The van der Waals surface area contributed by atoms with E-state index in [1.54, 1.807) is 30.3 Å². The molecule has 0 aliphatic carbocycles. The van der Waals surface area contributed by atoms with Crippen LogP contribution in [0.3, 0.4) is 0 Å². The van der Waals surface area contributed by atoms with Crippen molar-refractivity contribution in [2.75, 3.05) is 24.3 Å². The first-order chi connectivity index (χ1) is 10.6. The van der Waals surface area contributed by atoms with E-state index in [0.29, 0.717) is 16.9 Å². The molecular formula is C16H15FN2O3. The van der Waals surface area contributed by atoms with Crippen molar-refractivity contribution in [3.63, 3.8) is 0 Å². The van der Waals surface area contributed by atoms with Crippen LogP contribution in [0.1, 0.15) is 10.4 Å². The van der Waals surface area contributed by atoms with E-state index in [1.165, 1.54) is 25.3 Å². The molecule has 0 radical (unpaired) electrons. The molecule has 0 fully saturated rings. The molecule has 0 spiro atoms. The first-order valence-corrected chi connectivity index (χ1v) is 6.56. The Morgan fingerprint density at radius 2 is 1.82 bits per heavy atom. The van der Waals surface area contributed by atoms with Gasteiger partial charge in [0.05, 0.1) is 19.2 Å². The Kier molecular flexibility index (Phi) is 5.08. The zero-order valence-corrected chi connectivity index (χ0v) is 11.9. The van der Waals surface area contributed by atoms with Gasteiger partial charge in [0.1, 0.15) is 5.82 Å². The van der Waals surface area contributed by atoms with Gasteiger partial charge in [0.2, 0.25) is 5.91 Å². The molecule has 0 unspecified atom stereocenters. The number of carbonyl (C=O) groups excluding carboxylic acids is 2.